The molecule has 0 aromatic heterocycles. The van der Waals surface area contributed by atoms with Crippen LogP contribution in [0.2, 0.25) is 0 Å². The topological polar surface area (TPSA) is 158 Å². The standard InChI is InChI=1S/C17H25N5O5/c1-10(21-16(25)27-17(2,3)4)14(24)20-9-13(23)26-12-7-5-11(6-8-12)22-15(18)19/h5-8,10H,9H2,1-4H3,(H,20,24)(H,21,25)(H4,18,19,22)/t10-/m1/s1. The van der Waals surface area contributed by atoms with Crippen LogP contribution in [0.15, 0.2) is 29.3 Å². The van der Waals surface area contributed by atoms with Crippen molar-refractivity contribution in [1.29, 1.82) is 0 Å². The van der Waals surface area contributed by atoms with E-state index in [-0.39, 0.29) is 18.3 Å². The third-order valence-electron chi connectivity index (χ3n) is 2.86. The van der Waals surface area contributed by atoms with Crippen LogP contribution in [0.5, 0.6) is 5.75 Å². The molecule has 0 aliphatic carbocycles. The van der Waals surface area contributed by atoms with E-state index in [0.717, 1.165) is 0 Å². The van der Waals surface area contributed by atoms with Gasteiger partial charge in [-0.3, -0.25) is 4.79 Å². The number of carbonyl (C=O) groups excluding carboxylic acids is 3. The van der Waals surface area contributed by atoms with Crippen molar-refractivity contribution in [3.8, 4) is 5.75 Å². The molecule has 0 bridgehead atoms. The number of amides is 2. The molecule has 0 fully saturated rings. The Bertz CT molecular complexity index is 705. The molecule has 0 heterocycles. The number of nitrogens with two attached hydrogens (primary N) is 2. The molecule has 10 heteroatoms. The van der Waals surface area contributed by atoms with E-state index in [0.29, 0.717) is 5.69 Å². The fraction of sp³-hybridized carbons (Fsp3) is 0.412. The molecule has 10 nitrogen and oxygen atoms in total. The summed E-state index contributed by atoms with van der Waals surface area (Å²) in [7, 11) is 0. The number of ether oxygens (including phenoxy) is 2. The van der Waals surface area contributed by atoms with Gasteiger partial charge in [0, 0.05) is 0 Å². The van der Waals surface area contributed by atoms with Gasteiger partial charge in [-0.1, -0.05) is 0 Å². The minimum Gasteiger partial charge on any atom is -0.444 e. The van der Waals surface area contributed by atoms with Gasteiger partial charge in [0.25, 0.3) is 0 Å². The highest BCUT2D eigenvalue weighted by atomic mass is 16.6. The molecule has 2 amide bonds. The Morgan fingerprint density at radius 3 is 2.26 bits per heavy atom. The number of nitrogens with one attached hydrogen (secondary N) is 2. The van der Waals surface area contributed by atoms with E-state index in [1.807, 2.05) is 0 Å². The summed E-state index contributed by atoms with van der Waals surface area (Å²) in [5, 5.41) is 4.74. The van der Waals surface area contributed by atoms with Gasteiger partial charge in [0.05, 0.1) is 5.69 Å². The van der Waals surface area contributed by atoms with Crippen LogP contribution in [-0.2, 0) is 14.3 Å². The van der Waals surface area contributed by atoms with E-state index in [2.05, 4.69) is 15.6 Å². The van der Waals surface area contributed by atoms with Crippen molar-refractivity contribution < 1.29 is 23.9 Å². The minimum atomic E-state index is -0.883. The van der Waals surface area contributed by atoms with Crippen LogP contribution in [0.4, 0.5) is 10.5 Å². The summed E-state index contributed by atoms with van der Waals surface area (Å²) >= 11 is 0. The Morgan fingerprint density at radius 2 is 1.74 bits per heavy atom. The van der Waals surface area contributed by atoms with Gasteiger partial charge in [0.15, 0.2) is 5.96 Å². The quantitative estimate of drug-likeness (QED) is 0.243. The summed E-state index contributed by atoms with van der Waals surface area (Å²) < 4.78 is 10.1. The number of alkyl carbamates (subject to hydrolysis) is 1. The zero-order valence-corrected chi connectivity index (χ0v) is 15.7. The van der Waals surface area contributed by atoms with E-state index < -0.39 is 29.6 Å². The lowest BCUT2D eigenvalue weighted by atomic mass is 10.2. The van der Waals surface area contributed by atoms with Crippen LogP contribution in [0.3, 0.4) is 0 Å². The van der Waals surface area contributed by atoms with Gasteiger partial charge in [-0.25, -0.2) is 14.6 Å². The highest BCUT2D eigenvalue weighted by Gasteiger charge is 2.21. The molecule has 0 aliphatic rings. The van der Waals surface area contributed by atoms with Gasteiger partial charge in [0.2, 0.25) is 5.91 Å². The normalized spacial score (nSPS) is 11.7. The average Bonchev–Trinajstić information content (AvgIpc) is 2.52. The van der Waals surface area contributed by atoms with Crippen molar-refractivity contribution in [2.24, 2.45) is 16.5 Å². The van der Waals surface area contributed by atoms with E-state index >= 15 is 0 Å². The molecule has 1 rings (SSSR count). The first kappa shape index (κ1) is 21.7. The number of hydrogen-bond donors (Lipinski definition) is 4. The molecule has 0 radical (unpaired) electrons. The molecule has 1 aromatic rings. The molecule has 0 aliphatic heterocycles. The van der Waals surface area contributed by atoms with Crippen LogP contribution in [0.25, 0.3) is 0 Å². The summed E-state index contributed by atoms with van der Waals surface area (Å²) in [6.07, 6.45) is -0.728. The molecule has 1 aromatic carbocycles. The van der Waals surface area contributed by atoms with Crippen LogP contribution < -0.4 is 26.8 Å². The van der Waals surface area contributed by atoms with Crippen molar-refractivity contribution >= 4 is 29.6 Å². The second-order valence-corrected chi connectivity index (χ2v) is 6.59. The number of hydrogen-bond acceptors (Lipinski definition) is 6. The summed E-state index contributed by atoms with van der Waals surface area (Å²) in [4.78, 5) is 39.2. The molecule has 27 heavy (non-hydrogen) atoms. The lowest BCUT2D eigenvalue weighted by Crippen LogP contribution is -2.47. The Kier molecular flexibility index (Phi) is 7.58. The SMILES string of the molecule is C[C@@H](NC(=O)OC(C)(C)C)C(=O)NCC(=O)Oc1ccc(N=C(N)N)cc1. The van der Waals surface area contributed by atoms with Crippen molar-refractivity contribution in [2.75, 3.05) is 6.54 Å². The number of benzene rings is 1. The molecular weight excluding hydrogens is 354 g/mol. The van der Waals surface area contributed by atoms with Crippen molar-refractivity contribution in [3.05, 3.63) is 24.3 Å². The maximum absolute atomic E-state index is 11.9. The fourth-order valence-corrected chi connectivity index (χ4v) is 1.77. The predicted octanol–water partition coefficient (Wildman–Crippen LogP) is 0.526. The monoisotopic (exact) mass is 379 g/mol. The minimum absolute atomic E-state index is 0.0865. The smallest absolute Gasteiger partial charge is 0.408 e. The van der Waals surface area contributed by atoms with E-state index in [4.69, 9.17) is 20.9 Å². The first-order chi connectivity index (χ1) is 12.5. The first-order valence-electron chi connectivity index (χ1n) is 8.14. The number of nitrogens with zero attached hydrogens (tertiary/aromatic N) is 1. The van der Waals surface area contributed by atoms with Crippen molar-refractivity contribution in [2.45, 2.75) is 39.3 Å². The maximum Gasteiger partial charge on any atom is 0.408 e. The van der Waals surface area contributed by atoms with Gasteiger partial charge < -0.3 is 31.6 Å². The zero-order valence-electron chi connectivity index (χ0n) is 15.7. The fourth-order valence-electron chi connectivity index (χ4n) is 1.77. The summed E-state index contributed by atoms with van der Waals surface area (Å²) in [6, 6.07) is 5.26. The second-order valence-electron chi connectivity index (χ2n) is 6.59. The molecule has 6 N–H and O–H groups in total. The zero-order chi connectivity index (χ0) is 20.6. The van der Waals surface area contributed by atoms with Crippen LogP contribution in [0.1, 0.15) is 27.7 Å². The Balaban J connectivity index is 2.43. The number of aliphatic imine (C=N–C) groups is 1. The number of guanidine groups is 1. The molecular formula is C17H25N5O5. The van der Waals surface area contributed by atoms with Gasteiger partial charge in [-0.05, 0) is 52.0 Å². The summed E-state index contributed by atoms with van der Waals surface area (Å²) in [5.74, 6) is -1.05. The maximum atomic E-state index is 11.9. The van der Waals surface area contributed by atoms with Gasteiger partial charge >= 0.3 is 12.1 Å². The largest absolute Gasteiger partial charge is 0.444 e. The van der Waals surface area contributed by atoms with Gasteiger partial charge in [-0.2, -0.15) is 0 Å². The molecule has 0 unspecified atom stereocenters. The second kappa shape index (κ2) is 9.41. The Labute approximate surface area is 157 Å². The van der Waals surface area contributed by atoms with E-state index in [9.17, 15) is 14.4 Å². The average molecular weight is 379 g/mol. The number of esters is 1. The molecule has 0 spiro atoms. The van der Waals surface area contributed by atoms with Crippen molar-refractivity contribution in [1.82, 2.24) is 10.6 Å². The van der Waals surface area contributed by atoms with Crippen LogP contribution >= 0.6 is 0 Å². The first-order valence-corrected chi connectivity index (χ1v) is 8.14. The molecule has 0 saturated carbocycles. The molecule has 1 atom stereocenters. The lowest BCUT2D eigenvalue weighted by Gasteiger charge is -2.21. The summed E-state index contributed by atoms with van der Waals surface area (Å²) in [6.45, 7) is 6.22. The summed E-state index contributed by atoms with van der Waals surface area (Å²) in [5.41, 5.74) is 10.4. The van der Waals surface area contributed by atoms with Crippen molar-refractivity contribution in [3.63, 3.8) is 0 Å². The molecule has 148 valence electrons. The number of carbonyl (C=O) groups is 3. The van der Waals surface area contributed by atoms with Crippen LogP contribution in [0, 0.1) is 0 Å². The van der Waals surface area contributed by atoms with E-state index in [1.165, 1.54) is 19.1 Å². The van der Waals surface area contributed by atoms with Gasteiger partial charge in [-0.15, -0.1) is 0 Å². The highest BCUT2D eigenvalue weighted by Crippen LogP contribution is 2.17. The van der Waals surface area contributed by atoms with Gasteiger partial charge in [0.1, 0.15) is 23.9 Å². The van der Waals surface area contributed by atoms with E-state index in [1.54, 1.807) is 32.9 Å². The molecule has 0 saturated heterocycles. The third kappa shape index (κ3) is 9.10. The van der Waals surface area contributed by atoms with Crippen LogP contribution in [-0.4, -0.2) is 42.1 Å². The predicted molar refractivity (Wildman–Crippen MR) is 99.4 cm³/mol. The third-order valence-corrected chi connectivity index (χ3v) is 2.86. The Morgan fingerprint density at radius 1 is 1.15 bits per heavy atom. The Hall–Kier alpha value is -3.30. The highest BCUT2D eigenvalue weighted by molar-refractivity contribution is 5.88. The lowest BCUT2D eigenvalue weighted by molar-refractivity contribution is -0.135. The number of rotatable bonds is 6.